The van der Waals surface area contributed by atoms with Crippen LogP contribution in [0.25, 0.3) is 0 Å². The number of hydrogen-bond donors (Lipinski definition) is 1. The Labute approximate surface area is 99.0 Å². The van der Waals surface area contributed by atoms with E-state index in [0.717, 1.165) is 5.56 Å². The molecular weight excluding hydrogens is 235 g/mol. The van der Waals surface area contributed by atoms with E-state index in [1.54, 1.807) is 13.0 Å². The first-order valence-electron chi connectivity index (χ1n) is 4.74. The second kappa shape index (κ2) is 3.96. The van der Waals surface area contributed by atoms with E-state index >= 15 is 0 Å². The zero-order valence-electron chi connectivity index (χ0n) is 8.39. The molecule has 0 bridgehead atoms. The molecule has 1 aliphatic heterocycles. The monoisotopic (exact) mass is 246 g/mol. The molecule has 2 rings (SSSR count). The van der Waals surface area contributed by atoms with Gasteiger partial charge in [-0.15, -0.1) is 0 Å². The molecule has 0 aromatic heterocycles. The molecule has 0 atom stereocenters. The molecule has 1 aromatic rings. The van der Waals surface area contributed by atoms with Crippen LogP contribution >= 0.6 is 24.2 Å². The van der Waals surface area contributed by atoms with Crippen LogP contribution in [0.4, 0.5) is 4.39 Å². The topological polar surface area (TPSA) is 9.23 Å². The van der Waals surface area contributed by atoms with E-state index in [0.29, 0.717) is 29.6 Å². The number of hydrogen-bond acceptors (Lipinski definition) is 2. The Morgan fingerprint density at radius 3 is 2.67 bits per heavy atom. The molecule has 0 N–H and O–H groups in total. The molecule has 1 nitrogen and oxygen atoms in total. The van der Waals surface area contributed by atoms with Crippen molar-refractivity contribution in [2.45, 2.75) is 12.3 Å². The summed E-state index contributed by atoms with van der Waals surface area (Å²) in [7, 11) is 0. The second-order valence-corrected chi connectivity index (χ2v) is 4.74. The number of thiol groups is 1. The van der Waals surface area contributed by atoms with E-state index in [1.165, 1.54) is 6.07 Å². The third-order valence-corrected chi connectivity index (χ3v) is 3.80. The maximum atomic E-state index is 13.5. The van der Waals surface area contributed by atoms with Gasteiger partial charge in [0.25, 0.3) is 0 Å². The van der Waals surface area contributed by atoms with E-state index in [4.69, 9.17) is 16.3 Å². The molecule has 15 heavy (non-hydrogen) atoms. The van der Waals surface area contributed by atoms with Gasteiger partial charge in [0.05, 0.1) is 18.6 Å². The SMILES string of the molecule is Cc1cc(Cl)c(C2(CS)COC2)cc1F. The minimum absolute atomic E-state index is 0.200. The molecule has 0 radical (unpaired) electrons. The lowest BCUT2D eigenvalue weighted by molar-refractivity contribution is -0.0471. The average molecular weight is 247 g/mol. The van der Waals surface area contributed by atoms with Crippen molar-refractivity contribution in [3.8, 4) is 0 Å². The Kier molecular flexibility index (Phi) is 2.97. The molecule has 1 fully saturated rings. The lowest BCUT2D eigenvalue weighted by atomic mass is 9.80. The molecule has 1 saturated heterocycles. The molecule has 1 aliphatic rings. The van der Waals surface area contributed by atoms with Crippen molar-refractivity contribution < 1.29 is 9.13 Å². The van der Waals surface area contributed by atoms with E-state index in [1.807, 2.05) is 0 Å². The van der Waals surface area contributed by atoms with Crippen LogP contribution in [0, 0.1) is 12.7 Å². The summed E-state index contributed by atoms with van der Waals surface area (Å²) in [5, 5.41) is 0.603. The number of halogens is 2. The van der Waals surface area contributed by atoms with E-state index in [9.17, 15) is 4.39 Å². The van der Waals surface area contributed by atoms with Gasteiger partial charge < -0.3 is 4.74 Å². The number of ether oxygens (including phenoxy) is 1. The maximum Gasteiger partial charge on any atom is 0.126 e. The first kappa shape index (κ1) is 11.2. The molecule has 0 amide bonds. The van der Waals surface area contributed by atoms with Crippen LogP contribution in [-0.2, 0) is 10.2 Å². The van der Waals surface area contributed by atoms with Gasteiger partial charge in [-0.2, -0.15) is 12.6 Å². The smallest absolute Gasteiger partial charge is 0.126 e. The molecule has 4 heteroatoms. The van der Waals surface area contributed by atoms with E-state index in [-0.39, 0.29) is 11.2 Å². The lowest BCUT2D eigenvalue weighted by Crippen LogP contribution is -2.48. The van der Waals surface area contributed by atoms with Gasteiger partial charge in [0.15, 0.2) is 0 Å². The highest BCUT2D eigenvalue weighted by molar-refractivity contribution is 7.80. The summed E-state index contributed by atoms with van der Waals surface area (Å²) in [5.41, 5.74) is 1.18. The summed E-state index contributed by atoms with van der Waals surface area (Å²) in [5.74, 6) is 0.400. The van der Waals surface area contributed by atoms with Gasteiger partial charge in [0, 0.05) is 10.8 Å². The van der Waals surface area contributed by atoms with Gasteiger partial charge in [-0.3, -0.25) is 0 Å². The number of rotatable bonds is 2. The van der Waals surface area contributed by atoms with Gasteiger partial charge in [-0.1, -0.05) is 11.6 Å². The molecule has 1 aromatic carbocycles. The Morgan fingerprint density at radius 2 is 2.20 bits per heavy atom. The largest absolute Gasteiger partial charge is 0.379 e. The summed E-state index contributed by atoms with van der Waals surface area (Å²) in [4.78, 5) is 0. The zero-order valence-corrected chi connectivity index (χ0v) is 10.0. The van der Waals surface area contributed by atoms with E-state index < -0.39 is 0 Å². The van der Waals surface area contributed by atoms with Crippen LogP contribution < -0.4 is 0 Å². The number of benzene rings is 1. The maximum absolute atomic E-state index is 13.5. The van der Waals surface area contributed by atoms with Gasteiger partial charge >= 0.3 is 0 Å². The first-order chi connectivity index (χ1) is 7.09. The zero-order chi connectivity index (χ0) is 11.1. The molecule has 0 unspecified atom stereocenters. The van der Waals surface area contributed by atoms with Crippen LogP contribution in [0.2, 0.25) is 5.02 Å². The standard InChI is InChI=1S/C11H12ClFOS/c1-7-2-9(12)8(3-10(7)13)11(6-15)4-14-5-11/h2-3,15H,4-6H2,1H3. The molecule has 82 valence electrons. The molecule has 1 heterocycles. The molecular formula is C11H12ClFOS. The van der Waals surface area contributed by atoms with Gasteiger partial charge in [0.1, 0.15) is 5.82 Å². The average Bonchev–Trinajstić information content (AvgIpc) is 2.12. The highest BCUT2D eigenvalue weighted by atomic mass is 35.5. The molecule has 0 saturated carbocycles. The lowest BCUT2D eigenvalue weighted by Gasteiger charge is -2.41. The third kappa shape index (κ3) is 1.77. The fourth-order valence-corrected chi connectivity index (χ4v) is 2.50. The predicted octanol–water partition coefficient (Wildman–Crippen LogP) is 2.99. The highest BCUT2D eigenvalue weighted by Gasteiger charge is 2.40. The second-order valence-electron chi connectivity index (χ2n) is 4.01. The Morgan fingerprint density at radius 1 is 1.53 bits per heavy atom. The summed E-state index contributed by atoms with van der Waals surface area (Å²) >= 11 is 10.4. The minimum Gasteiger partial charge on any atom is -0.379 e. The van der Waals surface area contributed by atoms with Crippen LogP contribution in [0.5, 0.6) is 0 Å². The fourth-order valence-electron chi connectivity index (χ4n) is 1.73. The summed E-state index contributed by atoms with van der Waals surface area (Å²) in [6.45, 7) is 2.84. The quantitative estimate of drug-likeness (QED) is 0.790. The normalized spacial score (nSPS) is 18.7. The van der Waals surface area contributed by atoms with Crippen molar-refractivity contribution in [1.82, 2.24) is 0 Å². The summed E-state index contributed by atoms with van der Waals surface area (Å²) < 4.78 is 18.6. The highest BCUT2D eigenvalue weighted by Crippen LogP contribution is 2.38. The third-order valence-electron chi connectivity index (χ3n) is 2.88. The summed E-state index contributed by atoms with van der Waals surface area (Å²) in [6.07, 6.45) is 0. The van der Waals surface area contributed by atoms with Crippen LogP contribution in [0.1, 0.15) is 11.1 Å². The van der Waals surface area contributed by atoms with Gasteiger partial charge in [-0.25, -0.2) is 4.39 Å². The van der Waals surface area contributed by atoms with Crippen LogP contribution in [-0.4, -0.2) is 19.0 Å². The van der Waals surface area contributed by atoms with Crippen molar-refractivity contribution in [1.29, 1.82) is 0 Å². The van der Waals surface area contributed by atoms with Crippen molar-refractivity contribution >= 4 is 24.2 Å². The van der Waals surface area contributed by atoms with Crippen molar-refractivity contribution in [2.24, 2.45) is 0 Å². The van der Waals surface area contributed by atoms with E-state index in [2.05, 4.69) is 12.6 Å². The van der Waals surface area contributed by atoms with Crippen LogP contribution in [0.15, 0.2) is 12.1 Å². The Bertz CT molecular complexity index is 385. The van der Waals surface area contributed by atoms with Gasteiger partial charge in [0.2, 0.25) is 0 Å². The van der Waals surface area contributed by atoms with Gasteiger partial charge in [-0.05, 0) is 30.2 Å². The molecule has 0 aliphatic carbocycles. The molecule has 0 spiro atoms. The van der Waals surface area contributed by atoms with Crippen LogP contribution in [0.3, 0.4) is 0 Å². The first-order valence-corrected chi connectivity index (χ1v) is 5.75. The number of aryl methyl sites for hydroxylation is 1. The minimum atomic E-state index is -0.220. The Balaban J connectivity index is 2.47. The predicted molar refractivity (Wildman–Crippen MR) is 62.5 cm³/mol. The van der Waals surface area contributed by atoms with Crippen molar-refractivity contribution in [2.75, 3.05) is 19.0 Å². The van der Waals surface area contributed by atoms with Crippen molar-refractivity contribution in [3.05, 3.63) is 34.1 Å². The fraction of sp³-hybridized carbons (Fsp3) is 0.455. The van der Waals surface area contributed by atoms with Crippen molar-refractivity contribution in [3.63, 3.8) is 0 Å². The Hall–Kier alpha value is -0.250. The summed E-state index contributed by atoms with van der Waals surface area (Å²) in [6, 6.07) is 3.17.